The lowest BCUT2D eigenvalue weighted by Crippen LogP contribution is -2.23. The summed E-state index contributed by atoms with van der Waals surface area (Å²) in [6.45, 7) is 4.27. The van der Waals surface area contributed by atoms with E-state index in [1.165, 1.54) is 6.07 Å². The maximum absolute atomic E-state index is 11.5. The Balaban J connectivity index is 2.04. The summed E-state index contributed by atoms with van der Waals surface area (Å²) in [5.74, 6) is 0.665. The normalized spacial score (nSPS) is 12.2. The fourth-order valence-electron chi connectivity index (χ4n) is 2.38. The van der Waals surface area contributed by atoms with Crippen molar-refractivity contribution in [3.63, 3.8) is 0 Å². The molecule has 0 spiro atoms. The molecule has 2 aromatic heterocycles. The minimum Gasteiger partial charge on any atom is -0.311 e. The Labute approximate surface area is 148 Å². The van der Waals surface area contributed by atoms with Crippen LogP contribution in [0.3, 0.4) is 0 Å². The van der Waals surface area contributed by atoms with Crippen molar-refractivity contribution >= 4 is 11.8 Å². The van der Waals surface area contributed by atoms with E-state index in [0.717, 1.165) is 17.3 Å². The summed E-state index contributed by atoms with van der Waals surface area (Å²) in [6, 6.07) is 11.2. The van der Waals surface area contributed by atoms with Crippen LogP contribution in [0.2, 0.25) is 0 Å². The summed E-state index contributed by atoms with van der Waals surface area (Å²) in [5, 5.41) is 9.81. The zero-order valence-corrected chi connectivity index (χ0v) is 14.8. The fraction of sp³-hybridized carbons (Fsp3) is 0.294. The molecule has 25 heavy (non-hydrogen) atoms. The van der Waals surface area contributed by atoms with Crippen molar-refractivity contribution in [2.75, 3.05) is 0 Å². The first-order valence-corrected chi connectivity index (χ1v) is 8.93. The molecule has 2 N–H and O–H groups in total. The quantitative estimate of drug-likeness (QED) is 0.659. The van der Waals surface area contributed by atoms with Crippen LogP contribution in [0.5, 0.6) is 0 Å². The third-order valence-electron chi connectivity index (χ3n) is 3.76. The third kappa shape index (κ3) is 4.08. The summed E-state index contributed by atoms with van der Waals surface area (Å²) >= 11 is 1.65. The molecular weight excluding hydrogens is 338 g/mol. The van der Waals surface area contributed by atoms with Gasteiger partial charge in [-0.05, 0) is 18.6 Å². The topological polar surface area (TPSA) is 96.4 Å². The van der Waals surface area contributed by atoms with Crippen LogP contribution in [0.25, 0.3) is 5.69 Å². The highest BCUT2D eigenvalue weighted by Gasteiger charge is 2.17. The smallest absolute Gasteiger partial charge is 0.311 e. The van der Waals surface area contributed by atoms with Gasteiger partial charge in [0.15, 0.2) is 5.16 Å². The Hall–Kier alpha value is -2.61. The number of benzene rings is 1. The second-order valence-electron chi connectivity index (χ2n) is 5.70. The number of hydrogen-bond acceptors (Lipinski definition) is 5. The number of hydrogen-bond donors (Lipinski definition) is 2. The first-order chi connectivity index (χ1) is 12.1. The van der Waals surface area contributed by atoms with Crippen molar-refractivity contribution in [3.05, 3.63) is 68.8 Å². The van der Waals surface area contributed by atoms with Crippen molar-refractivity contribution in [3.8, 4) is 5.69 Å². The number of H-pyrrole nitrogens is 2. The van der Waals surface area contributed by atoms with Crippen molar-refractivity contribution in [2.45, 2.75) is 37.1 Å². The number of para-hydroxylation sites is 1. The van der Waals surface area contributed by atoms with E-state index in [-0.39, 0.29) is 0 Å². The molecule has 0 fully saturated rings. The molecule has 0 bridgehead atoms. The van der Waals surface area contributed by atoms with Gasteiger partial charge in [0, 0.05) is 29.1 Å². The predicted octanol–water partition coefficient (Wildman–Crippen LogP) is 2.13. The molecule has 1 unspecified atom stereocenters. The number of aromatic amines is 2. The lowest BCUT2D eigenvalue weighted by molar-refractivity contribution is 0.820. The lowest BCUT2D eigenvalue weighted by atomic mass is 10.2. The second-order valence-corrected chi connectivity index (χ2v) is 7.10. The lowest BCUT2D eigenvalue weighted by Gasteiger charge is -2.12. The Bertz CT molecular complexity index is 933. The molecule has 0 radical (unpaired) electrons. The number of aromatic nitrogens is 5. The maximum Gasteiger partial charge on any atom is 0.325 e. The molecule has 130 valence electrons. The zero-order chi connectivity index (χ0) is 17.8. The van der Waals surface area contributed by atoms with Crippen LogP contribution in [-0.2, 0) is 6.42 Å². The standard InChI is InChI=1S/C17H19N5O2S/c1-3-11(2)25-17-21-20-14(22(17)13-7-5-4-6-8-13)9-12-10-15(23)19-16(24)18-12/h4-8,10-11H,3,9H2,1-2H3,(H2,18,19,23,24). The highest BCUT2D eigenvalue weighted by molar-refractivity contribution is 7.99. The Kier molecular flexibility index (Phi) is 5.18. The van der Waals surface area contributed by atoms with Gasteiger partial charge in [-0.25, -0.2) is 4.79 Å². The van der Waals surface area contributed by atoms with Gasteiger partial charge < -0.3 is 4.98 Å². The van der Waals surface area contributed by atoms with E-state index in [0.29, 0.717) is 23.2 Å². The second kappa shape index (κ2) is 7.52. The van der Waals surface area contributed by atoms with Gasteiger partial charge in [0.2, 0.25) is 0 Å². The van der Waals surface area contributed by atoms with Gasteiger partial charge in [-0.1, -0.05) is 43.8 Å². The summed E-state index contributed by atoms with van der Waals surface area (Å²) in [5.41, 5.74) is 0.486. The van der Waals surface area contributed by atoms with Crippen molar-refractivity contribution in [1.82, 2.24) is 24.7 Å². The Morgan fingerprint density at radius 2 is 1.92 bits per heavy atom. The van der Waals surface area contributed by atoms with E-state index < -0.39 is 11.2 Å². The number of rotatable bonds is 6. The van der Waals surface area contributed by atoms with Gasteiger partial charge in [-0.2, -0.15) is 0 Å². The molecule has 3 aromatic rings. The minimum atomic E-state index is -0.525. The van der Waals surface area contributed by atoms with E-state index in [1.807, 2.05) is 34.9 Å². The number of nitrogens with zero attached hydrogens (tertiary/aromatic N) is 3. The van der Waals surface area contributed by atoms with Crippen LogP contribution in [-0.4, -0.2) is 30.0 Å². The highest BCUT2D eigenvalue weighted by Crippen LogP contribution is 2.27. The molecule has 8 heteroatoms. The Morgan fingerprint density at radius 3 is 2.60 bits per heavy atom. The molecule has 7 nitrogen and oxygen atoms in total. The third-order valence-corrected chi connectivity index (χ3v) is 4.97. The van der Waals surface area contributed by atoms with Crippen LogP contribution in [0.1, 0.15) is 31.8 Å². The van der Waals surface area contributed by atoms with Crippen LogP contribution in [0, 0.1) is 0 Å². The largest absolute Gasteiger partial charge is 0.325 e. The van der Waals surface area contributed by atoms with Gasteiger partial charge in [0.25, 0.3) is 5.56 Å². The molecule has 0 aliphatic heterocycles. The van der Waals surface area contributed by atoms with Gasteiger partial charge in [-0.3, -0.25) is 14.3 Å². The first-order valence-electron chi connectivity index (χ1n) is 8.05. The van der Waals surface area contributed by atoms with Crippen LogP contribution in [0.15, 0.2) is 51.1 Å². The summed E-state index contributed by atoms with van der Waals surface area (Å²) in [6.07, 6.45) is 1.32. The van der Waals surface area contributed by atoms with Gasteiger partial charge in [0.1, 0.15) is 5.82 Å². The summed E-state index contributed by atoms with van der Waals surface area (Å²) < 4.78 is 1.97. The molecule has 1 aromatic carbocycles. The van der Waals surface area contributed by atoms with E-state index in [1.54, 1.807) is 11.8 Å². The maximum atomic E-state index is 11.5. The molecule has 3 rings (SSSR count). The highest BCUT2D eigenvalue weighted by atomic mass is 32.2. The van der Waals surface area contributed by atoms with Gasteiger partial charge >= 0.3 is 5.69 Å². The molecule has 0 amide bonds. The van der Waals surface area contributed by atoms with E-state index >= 15 is 0 Å². The van der Waals surface area contributed by atoms with Crippen LogP contribution < -0.4 is 11.2 Å². The molecule has 1 atom stereocenters. The molecule has 0 saturated carbocycles. The van der Waals surface area contributed by atoms with E-state index in [4.69, 9.17) is 0 Å². The van der Waals surface area contributed by atoms with Crippen LogP contribution >= 0.6 is 11.8 Å². The minimum absolute atomic E-state index is 0.308. The number of nitrogens with one attached hydrogen (secondary N) is 2. The molecule has 0 aliphatic rings. The van der Waals surface area contributed by atoms with Crippen LogP contribution in [0.4, 0.5) is 0 Å². The molecule has 0 saturated heterocycles. The van der Waals surface area contributed by atoms with Crippen molar-refractivity contribution in [2.24, 2.45) is 0 Å². The first kappa shape index (κ1) is 17.2. The van der Waals surface area contributed by atoms with Crippen molar-refractivity contribution < 1.29 is 0 Å². The fourth-order valence-corrected chi connectivity index (χ4v) is 3.31. The van der Waals surface area contributed by atoms with Crippen molar-refractivity contribution in [1.29, 1.82) is 0 Å². The SMILES string of the molecule is CCC(C)Sc1nnc(Cc2cc(=O)[nH]c(=O)[nH]2)n1-c1ccccc1. The average Bonchev–Trinajstić information content (AvgIpc) is 2.96. The molecule has 2 heterocycles. The van der Waals surface area contributed by atoms with Gasteiger partial charge in [-0.15, -0.1) is 10.2 Å². The predicted molar refractivity (Wildman–Crippen MR) is 97.5 cm³/mol. The average molecular weight is 357 g/mol. The van der Waals surface area contributed by atoms with E-state index in [2.05, 4.69) is 34.0 Å². The zero-order valence-electron chi connectivity index (χ0n) is 14.0. The van der Waals surface area contributed by atoms with E-state index in [9.17, 15) is 9.59 Å². The van der Waals surface area contributed by atoms with Gasteiger partial charge in [0.05, 0.1) is 0 Å². The molecular formula is C17H19N5O2S. The number of thioether (sulfide) groups is 1. The summed E-state index contributed by atoms with van der Waals surface area (Å²) in [7, 11) is 0. The molecule has 0 aliphatic carbocycles. The Morgan fingerprint density at radius 1 is 1.16 bits per heavy atom. The summed E-state index contributed by atoms with van der Waals surface area (Å²) in [4.78, 5) is 27.8. The monoisotopic (exact) mass is 357 g/mol.